The zero-order valence-corrected chi connectivity index (χ0v) is 11.2. The molecule has 0 saturated carbocycles. The van der Waals surface area contributed by atoms with E-state index in [9.17, 15) is 18.7 Å². The molecular weight excluding hydrogens is 274 g/mol. The van der Waals surface area contributed by atoms with Crippen molar-refractivity contribution in [3.63, 3.8) is 0 Å². The van der Waals surface area contributed by atoms with Gasteiger partial charge in [-0.25, -0.2) is 8.78 Å². The van der Waals surface area contributed by atoms with Gasteiger partial charge in [-0.05, 0) is 42.0 Å². The molecule has 0 aliphatic heterocycles. The fourth-order valence-electron chi connectivity index (χ4n) is 2.12. The predicted octanol–water partition coefficient (Wildman–Crippen LogP) is 3.61. The minimum atomic E-state index is -1.85. The van der Waals surface area contributed by atoms with Crippen LogP contribution in [0.15, 0.2) is 61.2 Å². The summed E-state index contributed by atoms with van der Waals surface area (Å²) < 4.78 is 25.9. The molecule has 1 N–H and O–H groups in total. The third-order valence-electron chi connectivity index (χ3n) is 3.24. The molecule has 0 aliphatic carbocycles. The van der Waals surface area contributed by atoms with E-state index in [4.69, 9.17) is 0 Å². The fourth-order valence-corrected chi connectivity index (χ4v) is 2.12. The molecule has 0 spiro atoms. The molecule has 2 aromatic carbocycles. The second kappa shape index (κ2) is 5.97. The van der Waals surface area contributed by atoms with Crippen molar-refractivity contribution in [3.05, 3.63) is 83.9 Å². The number of benzene rings is 2. The molecule has 0 amide bonds. The second-order valence-corrected chi connectivity index (χ2v) is 4.70. The average Bonchev–Trinajstić information content (AvgIpc) is 2.48. The maximum Gasteiger partial charge on any atom is 0.199 e. The van der Waals surface area contributed by atoms with Crippen LogP contribution >= 0.6 is 0 Å². The van der Waals surface area contributed by atoms with Gasteiger partial charge in [0.25, 0.3) is 0 Å². The Bertz CT molecular complexity index is 647. The van der Waals surface area contributed by atoms with Gasteiger partial charge in [-0.2, -0.15) is 0 Å². The molecule has 0 aliphatic rings. The number of carbonyl (C=O) groups excluding carboxylic acids is 1. The largest absolute Gasteiger partial charge is 0.377 e. The summed E-state index contributed by atoms with van der Waals surface area (Å²) >= 11 is 0. The Labute approximate surface area is 121 Å². The molecular formula is C17H14F2O2. The Morgan fingerprint density at radius 2 is 1.52 bits per heavy atom. The van der Waals surface area contributed by atoms with Crippen LogP contribution in [0.5, 0.6) is 0 Å². The number of hydrogen-bond acceptors (Lipinski definition) is 2. The van der Waals surface area contributed by atoms with E-state index in [-0.39, 0.29) is 17.5 Å². The highest BCUT2D eigenvalue weighted by atomic mass is 19.1. The monoisotopic (exact) mass is 288 g/mol. The lowest BCUT2D eigenvalue weighted by atomic mass is 9.83. The first kappa shape index (κ1) is 15.1. The lowest BCUT2D eigenvalue weighted by molar-refractivity contribution is 0.0313. The maximum atomic E-state index is 13.0. The standard InChI is InChI=1S/C17H14F2O2/c1-2-11-17(21,13-5-9-15(19)10-6-13)16(20)12-3-7-14(18)8-4-12/h2-10,21H,1,11H2. The fraction of sp³-hybridized carbons (Fsp3) is 0.118. The van der Waals surface area contributed by atoms with Gasteiger partial charge in [-0.1, -0.05) is 18.2 Å². The molecule has 1 atom stereocenters. The topological polar surface area (TPSA) is 37.3 Å². The highest BCUT2D eigenvalue weighted by Crippen LogP contribution is 2.30. The van der Waals surface area contributed by atoms with Gasteiger partial charge in [0.2, 0.25) is 0 Å². The van der Waals surface area contributed by atoms with Gasteiger partial charge in [0.1, 0.15) is 11.6 Å². The SMILES string of the molecule is C=CCC(O)(C(=O)c1ccc(F)cc1)c1ccc(F)cc1. The van der Waals surface area contributed by atoms with Crippen molar-refractivity contribution in [2.45, 2.75) is 12.0 Å². The number of hydrogen-bond donors (Lipinski definition) is 1. The van der Waals surface area contributed by atoms with Crippen LogP contribution in [0.4, 0.5) is 8.78 Å². The van der Waals surface area contributed by atoms with Crippen LogP contribution in [0.1, 0.15) is 22.3 Å². The van der Waals surface area contributed by atoms with Gasteiger partial charge in [-0.15, -0.1) is 6.58 Å². The summed E-state index contributed by atoms with van der Waals surface area (Å²) in [5.74, 6) is -1.52. The van der Waals surface area contributed by atoms with Crippen molar-refractivity contribution < 1.29 is 18.7 Å². The van der Waals surface area contributed by atoms with Crippen molar-refractivity contribution in [1.29, 1.82) is 0 Å². The third kappa shape index (κ3) is 3.06. The lowest BCUT2D eigenvalue weighted by Crippen LogP contribution is -2.35. The highest BCUT2D eigenvalue weighted by Gasteiger charge is 2.37. The summed E-state index contributed by atoms with van der Waals surface area (Å²) in [7, 11) is 0. The number of carbonyl (C=O) groups is 1. The lowest BCUT2D eigenvalue weighted by Gasteiger charge is -2.26. The first-order valence-corrected chi connectivity index (χ1v) is 6.37. The van der Waals surface area contributed by atoms with Crippen molar-refractivity contribution in [3.8, 4) is 0 Å². The van der Waals surface area contributed by atoms with Crippen LogP contribution in [-0.4, -0.2) is 10.9 Å². The Kier molecular flexibility index (Phi) is 4.29. The summed E-state index contributed by atoms with van der Waals surface area (Å²) in [6, 6.07) is 9.92. The first-order chi connectivity index (χ1) is 9.97. The molecule has 0 radical (unpaired) electrons. The molecule has 108 valence electrons. The summed E-state index contributed by atoms with van der Waals surface area (Å²) in [6.45, 7) is 3.53. The molecule has 2 nitrogen and oxygen atoms in total. The van der Waals surface area contributed by atoms with Gasteiger partial charge in [0, 0.05) is 12.0 Å². The van der Waals surface area contributed by atoms with Crippen LogP contribution in [0.3, 0.4) is 0 Å². The molecule has 2 aromatic rings. The van der Waals surface area contributed by atoms with E-state index >= 15 is 0 Å². The smallest absolute Gasteiger partial charge is 0.199 e. The van der Waals surface area contributed by atoms with Gasteiger partial charge in [0.05, 0.1) is 0 Å². The van der Waals surface area contributed by atoms with Gasteiger partial charge in [-0.3, -0.25) is 4.79 Å². The van der Waals surface area contributed by atoms with Crippen molar-refractivity contribution >= 4 is 5.78 Å². The molecule has 0 saturated heterocycles. The molecule has 1 unspecified atom stereocenters. The van der Waals surface area contributed by atoms with Gasteiger partial charge < -0.3 is 5.11 Å². The summed E-state index contributed by atoms with van der Waals surface area (Å²) in [5, 5.41) is 10.7. The van der Waals surface area contributed by atoms with E-state index in [1.54, 1.807) is 0 Å². The minimum absolute atomic E-state index is 0.0329. The van der Waals surface area contributed by atoms with E-state index in [0.717, 1.165) is 12.1 Å². The number of ketones is 1. The van der Waals surface area contributed by atoms with Crippen LogP contribution in [0.25, 0.3) is 0 Å². The second-order valence-electron chi connectivity index (χ2n) is 4.70. The van der Waals surface area contributed by atoms with E-state index in [1.807, 2.05) is 0 Å². The van der Waals surface area contributed by atoms with E-state index in [2.05, 4.69) is 6.58 Å². The highest BCUT2D eigenvalue weighted by molar-refractivity contribution is 6.02. The van der Waals surface area contributed by atoms with Crippen LogP contribution in [-0.2, 0) is 5.60 Å². The van der Waals surface area contributed by atoms with Crippen LogP contribution in [0, 0.1) is 11.6 Å². The summed E-state index contributed by atoms with van der Waals surface area (Å²) in [6.07, 6.45) is 1.37. The van der Waals surface area contributed by atoms with E-state index in [0.29, 0.717) is 0 Å². The van der Waals surface area contributed by atoms with Crippen molar-refractivity contribution in [2.24, 2.45) is 0 Å². The number of halogens is 2. The Balaban J connectivity index is 2.45. The molecule has 0 fully saturated rings. The number of rotatable bonds is 5. The summed E-state index contributed by atoms with van der Waals surface area (Å²) in [5.41, 5.74) is -1.42. The third-order valence-corrected chi connectivity index (χ3v) is 3.24. The first-order valence-electron chi connectivity index (χ1n) is 6.37. The molecule has 0 bridgehead atoms. The number of Topliss-reactive ketones (excluding diaryl/α,β-unsaturated/α-hetero) is 1. The molecule has 4 heteroatoms. The molecule has 2 rings (SSSR count). The van der Waals surface area contributed by atoms with Crippen molar-refractivity contribution in [2.75, 3.05) is 0 Å². The average molecular weight is 288 g/mol. The summed E-state index contributed by atoms with van der Waals surface area (Å²) in [4.78, 5) is 12.5. The Morgan fingerprint density at radius 3 is 2.00 bits per heavy atom. The van der Waals surface area contributed by atoms with E-state index in [1.165, 1.54) is 42.5 Å². The Morgan fingerprint density at radius 1 is 1.05 bits per heavy atom. The normalized spacial score (nSPS) is 13.5. The quantitative estimate of drug-likeness (QED) is 0.674. The van der Waals surface area contributed by atoms with Crippen LogP contribution < -0.4 is 0 Å². The van der Waals surface area contributed by atoms with Gasteiger partial charge >= 0.3 is 0 Å². The Hall–Kier alpha value is -2.33. The van der Waals surface area contributed by atoms with Crippen molar-refractivity contribution in [1.82, 2.24) is 0 Å². The zero-order chi connectivity index (χ0) is 15.5. The zero-order valence-electron chi connectivity index (χ0n) is 11.2. The molecule has 21 heavy (non-hydrogen) atoms. The minimum Gasteiger partial charge on any atom is -0.377 e. The molecule has 0 aromatic heterocycles. The predicted molar refractivity (Wildman–Crippen MR) is 75.8 cm³/mol. The number of aliphatic hydroxyl groups is 1. The van der Waals surface area contributed by atoms with E-state index < -0.39 is 23.0 Å². The van der Waals surface area contributed by atoms with Crippen LogP contribution in [0.2, 0.25) is 0 Å². The van der Waals surface area contributed by atoms with Gasteiger partial charge in [0.15, 0.2) is 11.4 Å². The molecule has 0 heterocycles. The maximum absolute atomic E-state index is 13.0.